The fraction of sp³-hybridized carbons (Fsp3) is 0.292. The molecule has 0 saturated heterocycles. The summed E-state index contributed by atoms with van der Waals surface area (Å²) in [4.78, 5) is 4.65. The molecule has 5 rings (SSSR count). The third-order valence-electron chi connectivity index (χ3n) is 5.96. The second kappa shape index (κ2) is 6.50. The van der Waals surface area contributed by atoms with Crippen molar-refractivity contribution in [3.05, 3.63) is 76.7 Å². The summed E-state index contributed by atoms with van der Waals surface area (Å²) in [6.07, 6.45) is 4.18. The van der Waals surface area contributed by atoms with Crippen molar-refractivity contribution in [2.75, 3.05) is 6.54 Å². The Balaban J connectivity index is 1.57. The van der Waals surface area contributed by atoms with Gasteiger partial charge in [0.2, 0.25) is 0 Å². The highest BCUT2D eigenvalue weighted by molar-refractivity contribution is 5.88. The fourth-order valence-electron chi connectivity index (χ4n) is 4.57. The lowest BCUT2D eigenvalue weighted by molar-refractivity contribution is 0.595. The molecular formula is C24H25N3. The van der Waals surface area contributed by atoms with Gasteiger partial charge in [0.05, 0.1) is 0 Å². The van der Waals surface area contributed by atoms with Gasteiger partial charge in [-0.25, -0.2) is 0 Å². The highest BCUT2D eigenvalue weighted by atomic mass is 15.0. The van der Waals surface area contributed by atoms with E-state index in [1.807, 2.05) is 0 Å². The standard InChI is InChI=1S/C24H25N3/c1-16-7-8-23-21(13-16)22-15-25-11-9-24(22)27(23)12-10-18-14-26-17(2)19-5-3-4-6-20(18)19/h3-8,13-14,25H,9-12,15H2,1-2H3. The Morgan fingerprint density at radius 3 is 2.78 bits per heavy atom. The second-order valence-electron chi connectivity index (χ2n) is 7.69. The maximum absolute atomic E-state index is 4.65. The van der Waals surface area contributed by atoms with Crippen molar-refractivity contribution in [3.8, 4) is 0 Å². The Hall–Kier alpha value is -2.65. The molecule has 0 spiro atoms. The molecule has 1 N–H and O–H groups in total. The molecular weight excluding hydrogens is 330 g/mol. The van der Waals surface area contributed by atoms with Gasteiger partial charge in [0.1, 0.15) is 0 Å². The first kappa shape index (κ1) is 16.5. The number of benzene rings is 2. The van der Waals surface area contributed by atoms with Crippen molar-refractivity contribution in [2.24, 2.45) is 0 Å². The molecule has 3 heterocycles. The van der Waals surface area contributed by atoms with E-state index in [4.69, 9.17) is 0 Å². The van der Waals surface area contributed by atoms with E-state index < -0.39 is 0 Å². The molecule has 0 fully saturated rings. The minimum atomic E-state index is 0.983. The van der Waals surface area contributed by atoms with Crippen LogP contribution in [0.4, 0.5) is 0 Å². The Bertz CT molecular complexity index is 1150. The maximum atomic E-state index is 4.65. The molecule has 4 aromatic rings. The number of pyridine rings is 1. The van der Waals surface area contributed by atoms with Crippen LogP contribution in [0, 0.1) is 13.8 Å². The van der Waals surface area contributed by atoms with E-state index in [-0.39, 0.29) is 0 Å². The zero-order valence-electron chi connectivity index (χ0n) is 16.0. The van der Waals surface area contributed by atoms with Crippen LogP contribution in [-0.4, -0.2) is 16.1 Å². The van der Waals surface area contributed by atoms with Gasteiger partial charge in [0.15, 0.2) is 0 Å². The molecule has 136 valence electrons. The third kappa shape index (κ3) is 2.74. The molecule has 1 aliphatic rings. The Morgan fingerprint density at radius 2 is 1.89 bits per heavy atom. The number of aromatic nitrogens is 2. The van der Waals surface area contributed by atoms with Crippen LogP contribution < -0.4 is 5.32 Å². The van der Waals surface area contributed by atoms with Crippen molar-refractivity contribution in [1.29, 1.82) is 0 Å². The van der Waals surface area contributed by atoms with Gasteiger partial charge in [-0.3, -0.25) is 4.98 Å². The molecule has 0 amide bonds. The quantitative estimate of drug-likeness (QED) is 0.577. The zero-order chi connectivity index (χ0) is 18.4. The monoisotopic (exact) mass is 355 g/mol. The van der Waals surface area contributed by atoms with Crippen LogP contribution in [0.2, 0.25) is 0 Å². The molecule has 3 heteroatoms. The number of aryl methyl sites for hydroxylation is 4. The van der Waals surface area contributed by atoms with Crippen molar-refractivity contribution < 1.29 is 0 Å². The van der Waals surface area contributed by atoms with Crippen LogP contribution in [0.5, 0.6) is 0 Å². The smallest absolute Gasteiger partial charge is 0.0486 e. The zero-order valence-corrected chi connectivity index (χ0v) is 16.0. The predicted octanol–water partition coefficient (Wildman–Crippen LogP) is 4.69. The maximum Gasteiger partial charge on any atom is 0.0486 e. The minimum absolute atomic E-state index is 0.983. The van der Waals surface area contributed by atoms with Crippen LogP contribution in [0.25, 0.3) is 21.7 Å². The van der Waals surface area contributed by atoms with E-state index in [1.165, 1.54) is 44.1 Å². The first-order valence-electron chi connectivity index (χ1n) is 9.87. The number of rotatable bonds is 3. The van der Waals surface area contributed by atoms with Crippen molar-refractivity contribution in [2.45, 2.75) is 39.8 Å². The Morgan fingerprint density at radius 1 is 1.04 bits per heavy atom. The van der Waals surface area contributed by atoms with Crippen LogP contribution in [-0.2, 0) is 25.9 Å². The Labute approximate surface area is 160 Å². The fourth-order valence-corrected chi connectivity index (χ4v) is 4.57. The topological polar surface area (TPSA) is 29.9 Å². The van der Waals surface area contributed by atoms with Gasteiger partial charge in [-0.2, -0.15) is 0 Å². The molecule has 3 nitrogen and oxygen atoms in total. The van der Waals surface area contributed by atoms with Crippen LogP contribution >= 0.6 is 0 Å². The summed E-state index contributed by atoms with van der Waals surface area (Å²) in [6, 6.07) is 15.5. The van der Waals surface area contributed by atoms with E-state index in [9.17, 15) is 0 Å². The molecule has 0 saturated carbocycles. The molecule has 0 aliphatic carbocycles. The summed E-state index contributed by atoms with van der Waals surface area (Å²) in [6.45, 7) is 7.33. The van der Waals surface area contributed by atoms with Gasteiger partial charge in [-0.15, -0.1) is 0 Å². The summed E-state index contributed by atoms with van der Waals surface area (Å²) in [7, 11) is 0. The summed E-state index contributed by atoms with van der Waals surface area (Å²) in [5, 5.41) is 7.58. The van der Waals surface area contributed by atoms with Gasteiger partial charge in [-0.05, 0) is 48.9 Å². The lowest BCUT2D eigenvalue weighted by atomic mass is 10.0. The highest BCUT2D eigenvalue weighted by Crippen LogP contribution is 2.30. The van der Waals surface area contributed by atoms with E-state index in [0.717, 1.165) is 38.2 Å². The van der Waals surface area contributed by atoms with Gasteiger partial charge in [0, 0.05) is 59.9 Å². The SMILES string of the molecule is Cc1ccc2c(c1)c1c(n2CCc2cnc(C)c3ccccc23)CCNC1. The third-order valence-corrected chi connectivity index (χ3v) is 5.96. The van der Waals surface area contributed by atoms with Gasteiger partial charge in [-0.1, -0.05) is 35.9 Å². The lowest BCUT2D eigenvalue weighted by Crippen LogP contribution is -2.24. The van der Waals surface area contributed by atoms with Crippen LogP contribution in [0.15, 0.2) is 48.7 Å². The van der Waals surface area contributed by atoms with Gasteiger partial charge >= 0.3 is 0 Å². The normalized spacial score (nSPS) is 14.0. The average Bonchev–Trinajstić information content (AvgIpc) is 3.01. The summed E-state index contributed by atoms with van der Waals surface area (Å²) >= 11 is 0. The number of hydrogen-bond donors (Lipinski definition) is 1. The highest BCUT2D eigenvalue weighted by Gasteiger charge is 2.19. The number of nitrogens with zero attached hydrogens (tertiary/aromatic N) is 2. The van der Waals surface area contributed by atoms with E-state index in [1.54, 1.807) is 0 Å². The molecule has 27 heavy (non-hydrogen) atoms. The summed E-state index contributed by atoms with van der Waals surface area (Å²) in [5.41, 5.74) is 8.17. The first-order valence-corrected chi connectivity index (χ1v) is 9.87. The van der Waals surface area contributed by atoms with Gasteiger partial charge < -0.3 is 9.88 Å². The van der Waals surface area contributed by atoms with Gasteiger partial charge in [0.25, 0.3) is 0 Å². The molecule has 0 unspecified atom stereocenters. The molecule has 1 aliphatic heterocycles. The largest absolute Gasteiger partial charge is 0.344 e. The van der Waals surface area contributed by atoms with Crippen molar-refractivity contribution >= 4 is 21.7 Å². The Kier molecular flexibility index (Phi) is 3.98. The average molecular weight is 355 g/mol. The summed E-state index contributed by atoms with van der Waals surface area (Å²) < 4.78 is 2.56. The second-order valence-corrected chi connectivity index (χ2v) is 7.69. The first-order chi connectivity index (χ1) is 13.2. The van der Waals surface area contributed by atoms with Crippen LogP contribution in [0.3, 0.4) is 0 Å². The van der Waals surface area contributed by atoms with Crippen molar-refractivity contribution in [1.82, 2.24) is 14.9 Å². The number of fused-ring (bicyclic) bond motifs is 4. The molecule has 0 bridgehead atoms. The van der Waals surface area contributed by atoms with Crippen molar-refractivity contribution in [3.63, 3.8) is 0 Å². The molecule has 0 radical (unpaired) electrons. The molecule has 2 aromatic carbocycles. The minimum Gasteiger partial charge on any atom is -0.344 e. The molecule has 0 atom stereocenters. The van der Waals surface area contributed by atoms with E-state index in [0.29, 0.717) is 0 Å². The summed E-state index contributed by atoms with van der Waals surface area (Å²) in [5.74, 6) is 0. The van der Waals surface area contributed by atoms with Crippen LogP contribution in [0.1, 0.15) is 28.1 Å². The van der Waals surface area contributed by atoms with E-state index >= 15 is 0 Å². The molecule has 2 aromatic heterocycles. The van der Waals surface area contributed by atoms with E-state index in [2.05, 4.69) is 77.4 Å². The lowest BCUT2D eigenvalue weighted by Gasteiger charge is -2.17. The number of hydrogen-bond acceptors (Lipinski definition) is 2. The number of nitrogens with one attached hydrogen (secondary N) is 1. The predicted molar refractivity (Wildman–Crippen MR) is 112 cm³/mol.